The van der Waals surface area contributed by atoms with E-state index >= 15 is 0 Å². The standard InChI is InChI=1S/C60H96O24/c1-12-25(3)50(75)79-35-22-55(5,6)20-28-27-14-15-32-57(9)18-17-34(56(7,8)31(57)16-19-58(32,10)59(27,11)21-33(63)60(28,35)24-62)80-54-47(83-51-42(70)39(67)36(64)26(4)76-51)44(72)45(48(84-54)49(73)74)81-53-46(41(69)38(66)30(23-61)78-53)82-52-43(71)40(68)37(65)29(13-2)77-52/h12,14,26,28-48,51-54,61-72H,13,15-24H2,1-11H3,(H,73,74)/b25-12-/t26-,28-,29+,30+,31?,32?,33+,34-,35-,36-,37+,38-,39+,40-,41-,42+,43+,44-,45-,46+,47+,48-,51?,52-,53-,54+,57-,58+,59+,60-/m0/s1. The zero-order valence-corrected chi connectivity index (χ0v) is 50.2. The summed E-state index contributed by atoms with van der Waals surface area (Å²) < 4.78 is 55.4. The Hall–Kier alpha value is -2.38. The van der Waals surface area contributed by atoms with E-state index in [1.165, 1.54) is 12.5 Å². The quantitative estimate of drug-likeness (QED) is 0.0485. The number of carbonyl (C=O) groups excluding carboxylic acids is 1. The van der Waals surface area contributed by atoms with Crippen molar-refractivity contribution in [2.24, 2.45) is 50.2 Å². The van der Waals surface area contributed by atoms with Crippen LogP contribution >= 0.6 is 0 Å². The lowest BCUT2D eigenvalue weighted by atomic mass is 9.33. The molecule has 84 heavy (non-hydrogen) atoms. The van der Waals surface area contributed by atoms with Gasteiger partial charge in [0.05, 0.1) is 43.0 Å². The molecule has 24 heteroatoms. The van der Waals surface area contributed by atoms with Crippen LogP contribution in [-0.2, 0) is 52.2 Å². The second kappa shape index (κ2) is 24.1. The molecule has 8 fully saturated rings. The average Bonchev–Trinajstić information content (AvgIpc) is 1.06. The molecule has 0 spiro atoms. The van der Waals surface area contributed by atoms with Crippen molar-refractivity contribution in [3.05, 3.63) is 23.3 Å². The highest BCUT2D eigenvalue weighted by molar-refractivity contribution is 5.87. The summed E-state index contributed by atoms with van der Waals surface area (Å²) in [5.74, 6) is -2.39. The van der Waals surface area contributed by atoms with Gasteiger partial charge in [0.15, 0.2) is 31.3 Å². The van der Waals surface area contributed by atoms with Gasteiger partial charge in [0.1, 0.15) is 85.5 Å². The summed E-state index contributed by atoms with van der Waals surface area (Å²) in [6.07, 6.45) is -29.4. The van der Waals surface area contributed by atoms with Crippen molar-refractivity contribution in [1.29, 1.82) is 0 Å². The Bertz CT molecular complexity index is 2420. The van der Waals surface area contributed by atoms with Crippen molar-refractivity contribution >= 4 is 11.9 Å². The Morgan fingerprint density at radius 1 is 0.643 bits per heavy atom. The van der Waals surface area contributed by atoms with E-state index in [1.807, 2.05) is 0 Å². The molecule has 13 N–H and O–H groups in total. The molecule has 4 saturated heterocycles. The number of ether oxygens (including phenoxy) is 9. The number of aliphatic carboxylic acids is 1. The summed E-state index contributed by atoms with van der Waals surface area (Å²) in [4.78, 5) is 26.9. The molecule has 9 aliphatic rings. The maximum absolute atomic E-state index is 13.5. The number of aliphatic hydroxyl groups is 12. The molecule has 4 heterocycles. The Morgan fingerprint density at radius 3 is 1.83 bits per heavy atom. The molecule has 9 rings (SSSR count). The van der Waals surface area contributed by atoms with Gasteiger partial charge in [-0.15, -0.1) is 0 Å². The van der Waals surface area contributed by atoms with Gasteiger partial charge in [-0.1, -0.05) is 73.1 Å². The van der Waals surface area contributed by atoms with Crippen LogP contribution < -0.4 is 0 Å². The minimum Gasteiger partial charge on any atom is -0.479 e. The topological polar surface area (TPSA) is 380 Å². The number of esters is 1. The van der Waals surface area contributed by atoms with Crippen LogP contribution in [0.5, 0.6) is 0 Å². The molecule has 30 atom stereocenters. The fourth-order valence-electron chi connectivity index (χ4n) is 17.5. The van der Waals surface area contributed by atoms with Crippen molar-refractivity contribution in [3.63, 3.8) is 0 Å². The highest BCUT2D eigenvalue weighted by atomic mass is 16.8. The maximum atomic E-state index is 13.5. The lowest BCUT2D eigenvalue weighted by Gasteiger charge is -2.72. The summed E-state index contributed by atoms with van der Waals surface area (Å²) in [7, 11) is 0. The Morgan fingerprint density at radius 2 is 1.23 bits per heavy atom. The third-order valence-electron chi connectivity index (χ3n) is 22.7. The van der Waals surface area contributed by atoms with Crippen LogP contribution in [0.15, 0.2) is 23.3 Å². The fraction of sp³-hybridized carbons (Fsp3) is 0.900. The zero-order valence-electron chi connectivity index (χ0n) is 50.2. The molecule has 0 bridgehead atoms. The van der Waals surface area contributed by atoms with Crippen LogP contribution in [0.4, 0.5) is 0 Å². The van der Waals surface area contributed by atoms with E-state index in [-0.39, 0.29) is 47.0 Å². The minimum atomic E-state index is -2.15. The minimum absolute atomic E-state index is 0.0387. The predicted octanol–water partition coefficient (Wildman–Crippen LogP) is 0.434. The summed E-state index contributed by atoms with van der Waals surface area (Å²) >= 11 is 0. The lowest BCUT2D eigenvalue weighted by Crippen LogP contribution is -2.70. The van der Waals surface area contributed by atoms with Gasteiger partial charge in [-0.25, -0.2) is 9.59 Å². The van der Waals surface area contributed by atoms with E-state index in [2.05, 4.69) is 54.5 Å². The van der Waals surface area contributed by atoms with Crippen LogP contribution in [0.1, 0.15) is 134 Å². The van der Waals surface area contributed by atoms with Gasteiger partial charge in [0.25, 0.3) is 0 Å². The Kier molecular flexibility index (Phi) is 19.0. The number of hydrogen-bond donors (Lipinski definition) is 13. The monoisotopic (exact) mass is 1200 g/mol. The first-order valence-corrected chi connectivity index (χ1v) is 30.3. The van der Waals surface area contributed by atoms with E-state index in [0.29, 0.717) is 50.5 Å². The number of carbonyl (C=O) groups is 2. The number of aliphatic hydroxyl groups excluding tert-OH is 12. The number of allylic oxidation sites excluding steroid dienone is 3. The third kappa shape index (κ3) is 10.8. The molecule has 0 radical (unpaired) electrons. The van der Waals surface area contributed by atoms with Crippen molar-refractivity contribution in [1.82, 2.24) is 0 Å². The predicted molar refractivity (Wildman–Crippen MR) is 291 cm³/mol. The zero-order chi connectivity index (χ0) is 61.9. The highest BCUT2D eigenvalue weighted by Crippen LogP contribution is 2.76. The average molecular weight is 1200 g/mol. The van der Waals surface area contributed by atoms with Gasteiger partial charge in [-0.3, -0.25) is 0 Å². The molecule has 3 unspecified atom stereocenters. The SMILES string of the molecule is C/C=C(/C)C(=O)O[C@H]1CC(C)(C)C[C@H]2C3=CCC4[C@@]5(C)CC[C@H](O[C@@H]6O[C@H](C(=O)O)[C@@H](O[C@@H]7O[C@H](CO)[C@H](O)[C@H](O)[C@H]7O[C@@H]7O[C@H](CC)[C@@H](O)[C@H](O)[C@H]7O)[C@H](O)[C@H]6OC6O[C@@H](C)[C@H](O)[C@@H](O)[C@H]6O)C(C)(C)C5CC[C@@]4(C)[C@]3(C)C[C@@H](O)[C@@]12CO. The molecular formula is C60H96O24. The van der Waals surface area contributed by atoms with Crippen LogP contribution in [0.25, 0.3) is 0 Å². The smallest absolute Gasteiger partial charge is 0.335 e. The molecular weight excluding hydrogens is 1100 g/mol. The third-order valence-corrected chi connectivity index (χ3v) is 22.7. The highest BCUT2D eigenvalue weighted by Gasteiger charge is 2.72. The van der Waals surface area contributed by atoms with E-state index in [4.69, 9.17) is 42.6 Å². The van der Waals surface area contributed by atoms with Gasteiger partial charge in [0.2, 0.25) is 0 Å². The van der Waals surface area contributed by atoms with Crippen molar-refractivity contribution in [3.8, 4) is 0 Å². The molecule has 0 aromatic heterocycles. The molecule has 480 valence electrons. The van der Waals surface area contributed by atoms with Gasteiger partial charge >= 0.3 is 11.9 Å². The summed E-state index contributed by atoms with van der Waals surface area (Å²) in [5.41, 5.74) is -1.71. The normalized spacial score (nSPS) is 51.9. The summed E-state index contributed by atoms with van der Waals surface area (Å²) in [6.45, 7) is 20.6. The Balaban J connectivity index is 1.01. The van der Waals surface area contributed by atoms with Crippen molar-refractivity contribution in [2.45, 2.75) is 275 Å². The van der Waals surface area contributed by atoms with E-state index in [0.717, 1.165) is 6.42 Å². The van der Waals surface area contributed by atoms with Crippen molar-refractivity contribution in [2.75, 3.05) is 13.2 Å². The lowest BCUT2D eigenvalue weighted by molar-refractivity contribution is -0.400. The number of carboxylic acids is 1. The molecule has 0 amide bonds. The second-order valence-electron chi connectivity index (χ2n) is 28.1. The van der Waals surface area contributed by atoms with E-state index < -0.39 is 176 Å². The molecule has 5 aliphatic carbocycles. The van der Waals surface area contributed by atoms with E-state index in [1.54, 1.807) is 26.8 Å². The molecule has 4 saturated carbocycles. The van der Waals surface area contributed by atoms with Crippen LogP contribution in [0.2, 0.25) is 0 Å². The van der Waals surface area contributed by atoms with Gasteiger partial charge < -0.3 is 109 Å². The van der Waals surface area contributed by atoms with Crippen LogP contribution in [0.3, 0.4) is 0 Å². The van der Waals surface area contributed by atoms with Crippen LogP contribution in [-0.4, -0.2) is 233 Å². The van der Waals surface area contributed by atoms with E-state index in [9.17, 15) is 76.0 Å². The molecule has 24 nitrogen and oxygen atoms in total. The van der Waals surface area contributed by atoms with Gasteiger partial charge in [-0.05, 0) is 123 Å². The first kappa shape index (κ1) is 66.0. The van der Waals surface area contributed by atoms with Crippen molar-refractivity contribution < 1.29 is 119 Å². The largest absolute Gasteiger partial charge is 0.479 e. The Labute approximate surface area is 491 Å². The first-order chi connectivity index (χ1) is 39.2. The number of hydrogen-bond acceptors (Lipinski definition) is 23. The van der Waals surface area contributed by atoms with Gasteiger partial charge in [0, 0.05) is 5.57 Å². The summed E-state index contributed by atoms with van der Waals surface area (Å²) in [6, 6.07) is 0. The molecule has 4 aliphatic heterocycles. The molecule has 0 aromatic rings. The van der Waals surface area contributed by atoms with Gasteiger partial charge in [-0.2, -0.15) is 0 Å². The fourth-order valence-corrected chi connectivity index (χ4v) is 17.5. The second-order valence-corrected chi connectivity index (χ2v) is 28.1. The summed E-state index contributed by atoms with van der Waals surface area (Å²) in [5, 5.41) is 145. The number of carboxylic acid groups (broad SMARTS) is 1. The first-order valence-electron chi connectivity index (χ1n) is 30.3. The molecule has 0 aromatic carbocycles. The van der Waals surface area contributed by atoms with Crippen LogP contribution in [0, 0.1) is 50.2 Å². The maximum Gasteiger partial charge on any atom is 0.335 e. The number of fused-ring (bicyclic) bond motifs is 7. The number of rotatable bonds is 14.